The van der Waals surface area contributed by atoms with Gasteiger partial charge >= 0.3 is 0 Å². The molecule has 0 saturated carbocycles. The smallest absolute Gasteiger partial charge is 0.220 e. The van der Waals surface area contributed by atoms with E-state index in [1.165, 1.54) is 27.8 Å². The molecule has 0 aliphatic carbocycles. The molecule has 4 aromatic heterocycles. The summed E-state index contributed by atoms with van der Waals surface area (Å²) < 4.78 is 9.31. The van der Waals surface area contributed by atoms with Crippen LogP contribution < -0.4 is 0 Å². The molecule has 0 radical (unpaired) electrons. The summed E-state index contributed by atoms with van der Waals surface area (Å²) >= 11 is 0. The van der Waals surface area contributed by atoms with Crippen LogP contribution in [0.2, 0.25) is 0 Å². The molecule has 0 atom stereocenters. The van der Waals surface area contributed by atoms with Gasteiger partial charge in [-0.25, -0.2) is 9.97 Å². The highest BCUT2D eigenvalue weighted by atomic mass is 15.2. The third-order valence-electron chi connectivity index (χ3n) is 15.2. The van der Waals surface area contributed by atoms with Crippen molar-refractivity contribution in [1.29, 1.82) is 0 Å². The molecule has 6 heteroatoms. The summed E-state index contributed by atoms with van der Waals surface area (Å²) in [7, 11) is 0. The van der Waals surface area contributed by atoms with Crippen LogP contribution in [-0.4, -0.2) is 27.9 Å². The van der Waals surface area contributed by atoms with E-state index < -0.39 is 0 Å². The van der Waals surface area contributed by atoms with Gasteiger partial charge in [0, 0.05) is 11.4 Å². The minimum atomic E-state index is 0.876. The minimum Gasteiger partial charge on any atom is -0.278 e. The first-order valence-corrected chi connectivity index (χ1v) is 25.6. The van der Waals surface area contributed by atoms with Gasteiger partial charge in [0.15, 0.2) is 0 Å². The lowest BCUT2D eigenvalue weighted by Crippen LogP contribution is -1.98. The summed E-state index contributed by atoms with van der Waals surface area (Å²) in [4.78, 5) is 10.7. The van der Waals surface area contributed by atoms with Gasteiger partial charge in [-0.2, -0.15) is 0 Å². The van der Waals surface area contributed by atoms with Crippen LogP contribution in [0, 0.1) is 6.92 Å². The second-order valence-electron chi connectivity index (χ2n) is 19.5. The van der Waals surface area contributed by atoms with Crippen molar-refractivity contribution >= 4 is 55.7 Å². The van der Waals surface area contributed by atoms with Crippen molar-refractivity contribution in [3.63, 3.8) is 0 Å². The van der Waals surface area contributed by atoms with Crippen molar-refractivity contribution in [3.8, 4) is 78.1 Å². The van der Waals surface area contributed by atoms with Crippen LogP contribution in [0.25, 0.3) is 134 Å². The van der Waals surface area contributed by atoms with E-state index in [-0.39, 0.29) is 0 Å². The van der Waals surface area contributed by atoms with Gasteiger partial charge in [0.25, 0.3) is 0 Å². The summed E-state index contributed by atoms with van der Waals surface area (Å²) in [6.45, 7) is 2.32. The first kappa shape index (κ1) is 42.6. The molecule has 0 unspecified atom stereocenters. The summed E-state index contributed by atoms with van der Waals surface area (Å²) in [5.41, 5.74) is 25.6. The highest BCUT2D eigenvalue weighted by Crippen LogP contribution is 2.47. The maximum Gasteiger partial charge on any atom is 0.220 e. The fourth-order valence-corrected chi connectivity index (χ4v) is 11.7. The summed E-state index contributed by atoms with van der Waals surface area (Å²) in [6, 6.07) is 94.0. The normalized spacial score (nSPS) is 11.8. The molecule has 0 aliphatic rings. The Morgan fingerprint density at radius 2 is 0.627 bits per heavy atom. The molecule has 0 N–H and O–H groups in total. The number of fused-ring (bicyclic) bond motifs is 10. The van der Waals surface area contributed by atoms with Crippen molar-refractivity contribution in [1.82, 2.24) is 27.9 Å². The molecular weight excluding hydrogens is 913 g/mol. The van der Waals surface area contributed by atoms with Gasteiger partial charge in [0.05, 0.1) is 44.1 Å². The molecular formula is C69H46N6. The zero-order valence-electron chi connectivity index (χ0n) is 41.0. The molecule has 0 saturated heterocycles. The monoisotopic (exact) mass is 958 g/mol. The number of hydrogen-bond acceptors (Lipinski definition) is 2. The Balaban J connectivity index is 1.01. The standard InChI is InChI=1S/C69H46N6/c1-45-66(49-26-14-5-15-27-49)57(52-34-38-60-64(42-52)74-62-40-50(46-20-8-2-9-21-46)32-36-58(62)70-68(74)72(60)54-28-16-6-17-29-54)44-56(48-24-12-4-13-25-48)67(45)53-35-39-61-65(43-53)75-63-41-51(47-22-10-3-11-23-47)33-37-59(63)71-69(75)73(61)55-30-18-7-19-31-55/h2-44H,1H3. The average Bonchev–Trinajstić information content (AvgIpc) is 4.25. The molecule has 0 fully saturated rings. The largest absolute Gasteiger partial charge is 0.278 e. The van der Waals surface area contributed by atoms with E-state index in [0.717, 1.165) is 112 Å². The Morgan fingerprint density at radius 3 is 1.11 bits per heavy atom. The quantitative estimate of drug-likeness (QED) is 0.152. The number of para-hydroxylation sites is 2. The molecule has 6 nitrogen and oxygen atoms in total. The van der Waals surface area contributed by atoms with E-state index in [9.17, 15) is 0 Å². The second kappa shape index (κ2) is 17.0. The number of imidazole rings is 4. The number of nitrogens with zero attached hydrogens (tertiary/aromatic N) is 6. The average molecular weight is 959 g/mol. The van der Waals surface area contributed by atoms with Crippen molar-refractivity contribution in [3.05, 3.63) is 266 Å². The zero-order valence-corrected chi connectivity index (χ0v) is 41.0. The topological polar surface area (TPSA) is 44.5 Å². The number of rotatable bonds is 8. The molecule has 11 aromatic carbocycles. The van der Waals surface area contributed by atoms with Crippen LogP contribution in [-0.2, 0) is 0 Å². The lowest BCUT2D eigenvalue weighted by atomic mass is 9.81. The zero-order chi connectivity index (χ0) is 49.6. The Labute approximate surface area is 432 Å². The van der Waals surface area contributed by atoms with Crippen molar-refractivity contribution < 1.29 is 0 Å². The van der Waals surface area contributed by atoms with Gasteiger partial charge in [0.2, 0.25) is 11.6 Å². The van der Waals surface area contributed by atoms with Crippen molar-refractivity contribution in [2.45, 2.75) is 6.92 Å². The third-order valence-corrected chi connectivity index (χ3v) is 15.2. The molecule has 4 heterocycles. The van der Waals surface area contributed by atoms with E-state index >= 15 is 0 Å². The van der Waals surface area contributed by atoms with Gasteiger partial charge in [-0.3, -0.25) is 17.9 Å². The predicted octanol–water partition coefficient (Wildman–Crippen LogP) is 17.5. The third kappa shape index (κ3) is 6.80. The van der Waals surface area contributed by atoms with Crippen LogP contribution >= 0.6 is 0 Å². The lowest BCUT2D eigenvalue weighted by molar-refractivity contribution is 1.11. The molecule has 352 valence electrons. The van der Waals surface area contributed by atoms with Crippen LogP contribution in [0.15, 0.2) is 261 Å². The SMILES string of the molecule is Cc1c(-c2ccccc2)c(-c2ccc3c(c2)n2c4cc(-c5ccccc5)ccc4nc2n3-c2ccccc2)cc(-c2ccccc2)c1-c1ccc2c(c1)n1c3cc(-c4ccccc4)ccc3nc1n2-c1ccccc1. The van der Waals surface area contributed by atoms with Gasteiger partial charge in [0.1, 0.15) is 0 Å². The molecule has 0 bridgehead atoms. The maximum absolute atomic E-state index is 5.36. The molecule has 0 amide bonds. The highest BCUT2D eigenvalue weighted by molar-refractivity contribution is 6.03. The van der Waals surface area contributed by atoms with Gasteiger partial charge in [-0.05, 0) is 158 Å². The van der Waals surface area contributed by atoms with Gasteiger partial charge in [-0.15, -0.1) is 0 Å². The first-order valence-electron chi connectivity index (χ1n) is 25.6. The maximum atomic E-state index is 5.36. The molecule has 75 heavy (non-hydrogen) atoms. The van der Waals surface area contributed by atoms with Crippen LogP contribution in [0.4, 0.5) is 0 Å². The Bertz CT molecular complexity index is 4670. The van der Waals surface area contributed by atoms with Crippen LogP contribution in [0.5, 0.6) is 0 Å². The van der Waals surface area contributed by atoms with Gasteiger partial charge < -0.3 is 0 Å². The minimum absolute atomic E-state index is 0.876. The molecule has 15 rings (SSSR count). The molecule has 0 spiro atoms. The van der Waals surface area contributed by atoms with Crippen molar-refractivity contribution in [2.75, 3.05) is 0 Å². The first-order chi connectivity index (χ1) is 37.1. The molecule has 0 aliphatic heterocycles. The summed E-state index contributed by atoms with van der Waals surface area (Å²) in [5, 5.41) is 0. The number of hydrogen-bond donors (Lipinski definition) is 0. The Kier molecular flexibility index (Phi) is 9.69. The number of benzene rings is 11. The Morgan fingerprint density at radius 1 is 0.267 bits per heavy atom. The summed E-state index contributed by atoms with van der Waals surface area (Å²) in [6.07, 6.45) is 0. The summed E-state index contributed by atoms with van der Waals surface area (Å²) in [5.74, 6) is 1.75. The van der Waals surface area contributed by atoms with E-state index in [2.05, 4.69) is 286 Å². The van der Waals surface area contributed by atoms with Crippen LogP contribution in [0.3, 0.4) is 0 Å². The van der Waals surface area contributed by atoms with Crippen molar-refractivity contribution in [2.24, 2.45) is 0 Å². The van der Waals surface area contributed by atoms with Crippen LogP contribution in [0.1, 0.15) is 5.56 Å². The van der Waals surface area contributed by atoms with E-state index in [1.54, 1.807) is 0 Å². The second-order valence-corrected chi connectivity index (χ2v) is 19.5. The predicted molar refractivity (Wildman–Crippen MR) is 310 cm³/mol. The Hall–Kier alpha value is -10.0. The fraction of sp³-hybridized carbons (Fsp3) is 0.0145. The highest BCUT2D eigenvalue weighted by Gasteiger charge is 2.25. The van der Waals surface area contributed by atoms with E-state index in [1.807, 2.05) is 0 Å². The van der Waals surface area contributed by atoms with E-state index in [4.69, 9.17) is 9.97 Å². The fourth-order valence-electron chi connectivity index (χ4n) is 11.7. The van der Waals surface area contributed by atoms with E-state index in [0.29, 0.717) is 0 Å². The molecule has 15 aromatic rings. The van der Waals surface area contributed by atoms with Gasteiger partial charge in [-0.1, -0.05) is 182 Å². The lowest BCUT2D eigenvalue weighted by Gasteiger charge is -2.22. The number of aromatic nitrogens is 6.